The number of nitrogens with zero attached hydrogens (tertiary/aromatic N) is 1. The lowest BCUT2D eigenvalue weighted by Crippen LogP contribution is -2.34. The van der Waals surface area contributed by atoms with Crippen LogP contribution in [0, 0.1) is 12.8 Å². The molecule has 1 aliphatic rings. The van der Waals surface area contributed by atoms with E-state index in [4.69, 9.17) is 9.47 Å². The molecule has 0 aromatic heterocycles. The molecule has 0 saturated carbocycles. The van der Waals surface area contributed by atoms with Crippen molar-refractivity contribution < 1.29 is 23.9 Å². The largest absolute Gasteiger partial charge is 0.490 e. The van der Waals surface area contributed by atoms with Crippen LogP contribution in [0.25, 0.3) is 0 Å². The minimum absolute atomic E-state index is 0.263. The lowest BCUT2D eigenvalue weighted by atomic mass is 9.88. The van der Waals surface area contributed by atoms with Crippen molar-refractivity contribution in [2.75, 3.05) is 13.2 Å². The fraction of sp³-hybridized carbons (Fsp3) is 0.214. The molecule has 36 heavy (non-hydrogen) atoms. The van der Waals surface area contributed by atoms with Crippen molar-refractivity contribution in [3.63, 3.8) is 0 Å². The van der Waals surface area contributed by atoms with Crippen LogP contribution in [0.1, 0.15) is 39.9 Å². The van der Waals surface area contributed by atoms with E-state index in [0.717, 1.165) is 11.1 Å². The van der Waals surface area contributed by atoms with Gasteiger partial charge in [-0.2, -0.15) is 5.10 Å². The van der Waals surface area contributed by atoms with Gasteiger partial charge in [0.25, 0.3) is 5.91 Å². The fourth-order valence-electron chi connectivity index (χ4n) is 3.98. The first-order chi connectivity index (χ1) is 17.5. The van der Waals surface area contributed by atoms with Crippen molar-refractivity contribution in [2.24, 2.45) is 11.0 Å². The summed E-state index contributed by atoms with van der Waals surface area (Å²) >= 11 is 0. The second-order valence-electron chi connectivity index (χ2n) is 8.37. The smallest absolute Gasteiger partial charge is 0.343 e. The van der Waals surface area contributed by atoms with Crippen LogP contribution in [-0.4, -0.2) is 37.1 Å². The van der Waals surface area contributed by atoms with Gasteiger partial charge < -0.3 is 14.8 Å². The number of carbonyl (C=O) groups excluding carboxylic acids is 3. The molecule has 0 spiro atoms. The maximum absolute atomic E-state index is 12.8. The van der Waals surface area contributed by atoms with Crippen LogP contribution in [0.2, 0.25) is 0 Å². The number of aryl methyl sites for hydroxylation is 1. The number of hydrazone groups is 1. The molecule has 184 valence electrons. The summed E-state index contributed by atoms with van der Waals surface area (Å²) in [5.41, 5.74) is 5.47. The van der Waals surface area contributed by atoms with Gasteiger partial charge in [0.1, 0.15) is 5.92 Å². The number of amides is 2. The summed E-state index contributed by atoms with van der Waals surface area (Å²) in [6, 6.07) is 21.5. The van der Waals surface area contributed by atoms with Crippen molar-refractivity contribution in [3.05, 3.63) is 95.1 Å². The van der Waals surface area contributed by atoms with E-state index in [1.54, 1.807) is 30.3 Å². The number of rotatable bonds is 8. The summed E-state index contributed by atoms with van der Waals surface area (Å²) in [6.45, 7) is 4.52. The first-order valence-electron chi connectivity index (χ1n) is 11.7. The zero-order chi connectivity index (χ0) is 25.5. The molecule has 3 aromatic rings. The fourth-order valence-corrected chi connectivity index (χ4v) is 3.98. The van der Waals surface area contributed by atoms with Crippen molar-refractivity contribution in [2.45, 2.75) is 19.8 Å². The van der Waals surface area contributed by atoms with Gasteiger partial charge in [-0.05, 0) is 55.3 Å². The highest BCUT2D eigenvalue weighted by atomic mass is 16.6. The standard InChI is InChI=1S/C28H27N3O5/c1-3-35-24-15-19(11-14-23(24)36-28(34)21-12-9-18(2)10-13-21)16-30-31-27(33)25-22(17-29-26(25)32)20-7-5-4-6-8-20/h4-16,22,25H,3,17H2,1-2H3,(H,29,32)(H,31,33)/t22-,25+/m0/s1. The molecule has 0 unspecified atom stereocenters. The zero-order valence-corrected chi connectivity index (χ0v) is 20.1. The second kappa shape index (κ2) is 11.3. The molecule has 0 radical (unpaired) electrons. The lowest BCUT2D eigenvalue weighted by Gasteiger charge is -2.15. The minimum Gasteiger partial charge on any atom is -0.490 e. The van der Waals surface area contributed by atoms with Crippen molar-refractivity contribution >= 4 is 24.0 Å². The molecule has 2 N–H and O–H groups in total. The second-order valence-corrected chi connectivity index (χ2v) is 8.37. The van der Waals surface area contributed by atoms with E-state index in [1.165, 1.54) is 6.21 Å². The number of carbonyl (C=O) groups is 3. The number of hydrogen-bond acceptors (Lipinski definition) is 6. The Balaban J connectivity index is 1.43. The Morgan fingerprint density at radius 2 is 1.81 bits per heavy atom. The Morgan fingerprint density at radius 3 is 2.53 bits per heavy atom. The molecule has 1 aliphatic heterocycles. The highest BCUT2D eigenvalue weighted by molar-refractivity contribution is 6.03. The first kappa shape index (κ1) is 24.7. The summed E-state index contributed by atoms with van der Waals surface area (Å²) in [5, 5.41) is 6.78. The van der Waals surface area contributed by atoms with Crippen LogP contribution >= 0.6 is 0 Å². The number of esters is 1. The third-order valence-corrected chi connectivity index (χ3v) is 5.84. The van der Waals surface area contributed by atoms with Crippen molar-refractivity contribution in [3.8, 4) is 11.5 Å². The Hall–Kier alpha value is -4.46. The number of nitrogens with one attached hydrogen (secondary N) is 2. The third-order valence-electron chi connectivity index (χ3n) is 5.84. The Kier molecular flexibility index (Phi) is 7.75. The Labute approximate surface area is 209 Å². The van der Waals surface area contributed by atoms with Gasteiger partial charge in [-0.15, -0.1) is 0 Å². The quantitative estimate of drug-likeness (QED) is 0.167. The summed E-state index contributed by atoms with van der Waals surface area (Å²) in [5.74, 6) is -1.79. The molecule has 2 amide bonds. The topological polar surface area (TPSA) is 106 Å². The van der Waals surface area contributed by atoms with Crippen LogP contribution in [0.5, 0.6) is 11.5 Å². The highest BCUT2D eigenvalue weighted by Gasteiger charge is 2.40. The molecule has 1 saturated heterocycles. The summed E-state index contributed by atoms with van der Waals surface area (Å²) < 4.78 is 11.2. The molecule has 2 atom stereocenters. The molecule has 8 heteroatoms. The first-order valence-corrected chi connectivity index (χ1v) is 11.7. The zero-order valence-electron chi connectivity index (χ0n) is 20.1. The third kappa shape index (κ3) is 5.78. The molecule has 8 nitrogen and oxygen atoms in total. The molecule has 3 aromatic carbocycles. The van der Waals surface area contributed by atoms with E-state index in [1.807, 2.05) is 56.3 Å². The lowest BCUT2D eigenvalue weighted by molar-refractivity contribution is -0.133. The Morgan fingerprint density at radius 1 is 1.06 bits per heavy atom. The van der Waals surface area contributed by atoms with E-state index < -0.39 is 17.8 Å². The Bertz CT molecular complexity index is 1270. The van der Waals surface area contributed by atoms with Crippen LogP contribution in [0.3, 0.4) is 0 Å². The molecule has 0 aliphatic carbocycles. The molecular weight excluding hydrogens is 458 g/mol. The number of hydrogen-bond donors (Lipinski definition) is 2. The maximum atomic E-state index is 12.8. The molecule has 1 heterocycles. The summed E-state index contributed by atoms with van der Waals surface area (Å²) in [4.78, 5) is 37.6. The number of benzene rings is 3. The van der Waals surface area contributed by atoms with E-state index in [0.29, 0.717) is 30.0 Å². The maximum Gasteiger partial charge on any atom is 0.343 e. The highest BCUT2D eigenvalue weighted by Crippen LogP contribution is 2.30. The van der Waals surface area contributed by atoms with Gasteiger partial charge in [-0.25, -0.2) is 10.2 Å². The SMILES string of the molecule is CCOc1cc(C=NNC(=O)[C@H]2C(=O)NC[C@H]2c2ccccc2)ccc1OC(=O)c1ccc(C)cc1. The van der Waals surface area contributed by atoms with Gasteiger partial charge in [-0.1, -0.05) is 48.0 Å². The van der Waals surface area contributed by atoms with Gasteiger partial charge in [0.15, 0.2) is 11.5 Å². The predicted molar refractivity (Wildman–Crippen MR) is 135 cm³/mol. The normalized spacial score (nSPS) is 17.0. The minimum atomic E-state index is -0.868. The monoisotopic (exact) mass is 485 g/mol. The molecule has 0 bridgehead atoms. The average Bonchev–Trinajstić information content (AvgIpc) is 3.28. The molecule has 1 fully saturated rings. The van der Waals surface area contributed by atoms with Crippen LogP contribution in [-0.2, 0) is 9.59 Å². The number of ether oxygens (including phenoxy) is 2. The van der Waals surface area contributed by atoms with E-state index in [2.05, 4.69) is 15.8 Å². The average molecular weight is 486 g/mol. The van der Waals surface area contributed by atoms with E-state index in [-0.39, 0.29) is 17.6 Å². The van der Waals surface area contributed by atoms with Gasteiger partial charge in [0.05, 0.1) is 18.4 Å². The molecule has 4 rings (SSSR count). The summed E-state index contributed by atoms with van der Waals surface area (Å²) in [7, 11) is 0. The van der Waals surface area contributed by atoms with Crippen LogP contribution in [0.15, 0.2) is 77.9 Å². The van der Waals surface area contributed by atoms with Gasteiger partial charge in [-0.3, -0.25) is 9.59 Å². The van der Waals surface area contributed by atoms with Gasteiger partial charge >= 0.3 is 5.97 Å². The van der Waals surface area contributed by atoms with Gasteiger partial charge in [0.2, 0.25) is 5.91 Å². The van der Waals surface area contributed by atoms with Crippen molar-refractivity contribution in [1.29, 1.82) is 0 Å². The summed E-state index contributed by atoms with van der Waals surface area (Å²) in [6.07, 6.45) is 1.44. The van der Waals surface area contributed by atoms with Gasteiger partial charge in [0, 0.05) is 12.5 Å². The molecular formula is C28H27N3O5. The van der Waals surface area contributed by atoms with E-state index in [9.17, 15) is 14.4 Å². The predicted octanol–water partition coefficient (Wildman–Crippen LogP) is 3.59. The van der Waals surface area contributed by atoms with Crippen molar-refractivity contribution in [1.82, 2.24) is 10.7 Å². The van der Waals surface area contributed by atoms with Crippen LogP contribution < -0.4 is 20.2 Å². The van der Waals surface area contributed by atoms with Crippen LogP contribution in [0.4, 0.5) is 0 Å². The van der Waals surface area contributed by atoms with E-state index >= 15 is 0 Å².